The number of nitrogens with zero attached hydrogens (tertiary/aromatic N) is 1. The third-order valence-electron chi connectivity index (χ3n) is 3.74. The van der Waals surface area contributed by atoms with Crippen LogP contribution >= 0.6 is 23.2 Å². The van der Waals surface area contributed by atoms with Gasteiger partial charge in [0.05, 0.1) is 10.0 Å². The molecule has 1 aliphatic carbocycles. The van der Waals surface area contributed by atoms with Crippen molar-refractivity contribution < 1.29 is 5.11 Å². The van der Waals surface area contributed by atoms with Crippen molar-refractivity contribution in [2.45, 2.75) is 38.6 Å². The molecule has 1 saturated carbocycles. The molecule has 112 valence electrons. The second-order valence-corrected chi connectivity index (χ2v) is 5.97. The standard InChI is InChI=1S/C14H21Cl2N3O/c1-2-17-13-10(15)7-11(16)14(19-13)18-12-6-4-3-5-9(12)8-20/h7,9,12,20H,2-6,8H2,1H3,(H2,17,18,19). The molecule has 0 radical (unpaired) electrons. The van der Waals surface area contributed by atoms with Crippen molar-refractivity contribution in [1.82, 2.24) is 4.98 Å². The zero-order valence-corrected chi connectivity index (χ0v) is 13.1. The van der Waals surface area contributed by atoms with Crippen molar-refractivity contribution in [1.29, 1.82) is 0 Å². The molecule has 0 aliphatic heterocycles. The molecule has 0 aromatic carbocycles. The lowest BCUT2D eigenvalue weighted by Gasteiger charge is -2.31. The predicted octanol–water partition coefficient (Wildman–Crippen LogP) is 3.78. The Balaban J connectivity index is 2.17. The first-order valence-corrected chi connectivity index (χ1v) is 7.88. The van der Waals surface area contributed by atoms with E-state index in [1.165, 1.54) is 12.8 Å². The highest BCUT2D eigenvalue weighted by molar-refractivity contribution is 6.37. The molecule has 1 aromatic heterocycles. The van der Waals surface area contributed by atoms with Gasteiger partial charge in [0.25, 0.3) is 0 Å². The molecule has 1 heterocycles. The first-order chi connectivity index (χ1) is 9.65. The lowest BCUT2D eigenvalue weighted by Crippen LogP contribution is -2.34. The van der Waals surface area contributed by atoms with Crippen LogP contribution in [0.4, 0.5) is 11.6 Å². The fourth-order valence-electron chi connectivity index (χ4n) is 2.65. The predicted molar refractivity (Wildman–Crippen MR) is 84.9 cm³/mol. The fraction of sp³-hybridized carbons (Fsp3) is 0.643. The topological polar surface area (TPSA) is 57.2 Å². The molecule has 20 heavy (non-hydrogen) atoms. The van der Waals surface area contributed by atoms with Crippen LogP contribution in [0, 0.1) is 5.92 Å². The van der Waals surface area contributed by atoms with Crippen molar-refractivity contribution in [3.63, 3.8) is 0 Å². The van der Waals surface area contributed by atoms with Gasteiger partial charge < -0.3 is 15.7 Å². The first kappa shape index (κ1) is 15.7. The highest BCUT2D eigenvalue weighted by Gasteiger charge is 2.25. The monoisotopic (exact) mass is 317 g/mol. The molecule has 3 N–H and O–H groups in total. The van der Waals surface area contributed by atoms with Crippen molar-refractivity contribution in [2.75, 3.05) is 23.8 Å². The van der Waals surface area contributed by atoms with E-state index in [-0.39, 0.29) is 18.6 Å². The van der Waals surface area contributed by atoms with E-state index >= 15 is 0 Å². The Morgan fingerprint density at radius 2 is 1.95 bits per heavy atom. The lowest BCUT2D eigenvalue weighted by molar-refractivity contribution is 0.178. The number of nitrogens with one attached hydrogen (secondary N) is 2. The molecule has 1 fully saturated rings. The van der Waals surface area contributed by atoms with Crippen LogP contribution in [0.3, 0.4) is 0 Å². The molecule has 1 aliphatic rings. The Kier molecular flexibility index (Phi) is 5.75. The van der Waals surface area contributed by atoms with E-state index in [9.17, 15) is 5.11 Å². The van der Waals surface area contributed by atoms with Crippen LogP contribution in [0.25, 0.3) is 0 Å². The van der Waals surface area contributed by atoms with Gasteiger partial charge >= 0.3 is 0 Å². The van der Waals surface area contributed by atoms with E-state index in [1.807, 2.05) is 6.92 Å². The average Bonchev–Trinajstić information content (AvgIpc) is 2.45. The van der Waals surface area contributed by atoms with Crippen molar-refractivity contribution >= 4 is 34.8 Å². The molecule has 0 amide bonds. The minimum absolute atomic E-state index is 0.197. The normalized spacial score (nSPS) is 22.6. The van der Waals surface area contributed by atoms with E-state index in [0.717, 1.165) is 19.4 Å². The quantitative estimate of drug-likeness (QED) is 0.773. The van der Waals surface area contributed by atoms with E-state index < -0.39 is 0 Å². The molecule has 6 heteroatoms. The maximum Gasteiger partial charge on any atom is 0.147 e. The molecule has 2 rings (SSSR count). The van der Waals surface area contributed by atoms with Crippen molar-refractivity contribution in [3.8, 4) is 0 Å². The Hall–Kier alpha value is -0.710. The van der Waals surface area contributed by atoms with Gasteiger partial charge in [-0.1, -0.05) is 36.0 Å². The number of aliphatic hydroxyl groups excluding tert-OH is 1. The van der Waals surface area contributed by atoms with Crippen LogP contribution < -0.4 is 10.6 Å². The number of halogens is 2. The minimum atomic E-state index is 0.197. The van der Waals surface area contributed by atoms with Gasteiger partial charge in [0, 0.05) is 25.1 Å². The molecule has 2 unspecified atom stereocenters. The first-order valence-electron chi connectivity index (χ1n) is 7.13. The second-order valence-electron chi connectivity index (χ2n) is 5.16. The largest absolute Gasteiger partial charge is 0.396 e. The summed E-state index contributed by atoms with van der Waals surface area (Å²) in [6.45, 7) is 2.93. The van der Waals surface area contributed by atoms with E-state index in [4.69, 9.17) is 23.2 Å². The van der Waals surface area contributed by atoms with Crippen LogP contribution in [-0.2, 0) is 0 Å². The maximum absolute atomic E-state index is 9.46. The summed E-state index contributed by atoms with van der Waals surface area (Å²) < 4.78 is 0. The van der Waals surface area contributed by atoms with Crippen molar-refractivity contribution in [3.05, 3.63) is 16.1 Å². The number of rotatable bonds is 5. The van der Waals surface area contributed by atoms with Gasteiger partial charge in [-0.05, 0) is 25.8 Å². The molecule has 1 aromatic rings. The molecule has 0 bridgehead atoms. The van der Waals surface area contributed by atoms with Gasteiger partial charge in [-0.15, -0.1) is 0 Å². The molecule has 4 nitrogen and oxygen atoms in total. The summed E-state index contributed by atoms with van der Waals surface area (Å²) in [6, 6.07) is 1.92. The Morgan fingerprint density at radius 1 is 1.25 bits per heavy atom. The average molecular weight is 318 g/mol. The van der Waals surface area contributed by atoms with Gasteiger partial charge in [-0.2, -0.15) is 0 Å². The number of hydrogen-bond acceptors (Lipinski definition) is 4. The molecule has 2 atom stereocenters. The summed E-state index contributed by atoms with van der Waals surface area (Å²) >= 11 is 12.3. The molecular formula is C14H21Cl2N3O. The van der Waals surface area contributed by atoms with Crippen LogP contribution in [0.5, 0.6) is 0 Å². The number of hydrogen-bond donors (Lipinski definition) is 3. The minimum Gasteiger partial charge on any atom is -0.396 e. The summed E-state index contributed by atoms with van der Waals surface area (Å²) in [5, 5.41) is 17.0. The highest BCUT2D eigenvalue weighted by Crippen LogP contribution is 2.32. The van der Waals surface area contributed by atoms with E-state index in [0.29, 0.717) is 21.7 Å². The SMILES string of the molecule is CCNc1nc(NC2CCCCC2CO)c(Cl)cc1Cl. The molecule has 0 saturated heterocycles. The van der Waals surface area contributed by atoms with Gasteiger partial charge in [-0.3, -0.25) is 0 Å². The van der Waals surface area contributed by atoms with Gasteiger partial charge in [0.15, 0.2) is 0 Å². The lowest BCUT2D eigenvalue weighted by atomic mass is 9.85. The summed E-state index contributed by atoms with van der Waals surface area (Å²) in [6.07, 6.45) is 4.41. The molecular weight excluding hydrogens is 297 g/mol. The van der Waals surface area contributed by atoms with E-state index in [2.05, 4.69) is 15.6 Å². The van der Waals surface area contributed by atoms with Gasteiger partial charge in [0.1, 0.15) is 11.6 Å². The zero-order chi connectivity index (χ0) is 14.5. The van der Waals surface area contributed by atoms with Crippen LogP contribution in [0.2, 0.25) is 10.0 Å². The number of anilines is 2. The summed E-state index contributed by atoms with van der Waals surface area (Å²) in [5.74, 6) is 1.54. The number of aliphatic hydroxyl groups is 1. The number of pyridine rings is 1. The van der Waals surface area contributed by atoms with Crippen LogP contribution in [-0.4, -0.2) is 29.3 Å². The third-order valence-corrected chi connectivity index (χ3v) is 4.32. The number of aromatic nitrogens is 1. The smallest absolute Gasteiger partial charge is 0.147 e. The third kappa shape index (κ3) is 3.68. The highest BCUT2D eigenvalue weighted by atomic mass is 35.5. The Morgan fingerprint density at radius 3 is 2.65 bits per heavy atom. The van der Waals surface area contributed by atoms with Crippen LogP contribution in [0.1, 0.15) is 32.6 Å². The summed E-state index contributed by atoms with van der Waals surface area (Å²) in [7, 11) is 0. The van der Waals surface area contributed by atoms with Gasteiger partial charge in [0.2, 0.25) is 0 Å². The molecule has 0 spiro atoms. The van der Waals surface area contributed by atoms with Crippen molar-refractivity contribution in [2.24, 2.45) is 5.92 Å². The Bertz CT molecular complexity index is 456. The van der Waals surface area contributed by atoms with E-state index in [1.54, 1.807) is 6.07 Å². The summed E-state index contributed by atoms with van der Waals surface area (Å²) in [4.78, 5) is 4.46. The summed E-state index contributed by atoms with van der Waals surface area (Å²) in [5.41, 5.74) is 0. The second kappa shape index (κ2) is 7.34. The zero-order valence-electron chi connectivity index (χ0n) is 11.6. The fourth-order valence-corrected chi connectivity index (χ4v) is 3.13. The van der Waals surface area contributed by atoms with Crippen LogP contribution in [0.15, 0.2) is 6.07 Å². The van der Waals surface area contributed by atoms with Gasteiger partial charge in [-0.25, -0.2) is 4.98 Å². The maximum atomic E-state index is 9.46. The Labute approximate surface area is 129 Å².